The molecule has 1 amide bonds. The van der Waals surface area contributed by atoms with Crippen LogP contribution in [0.25, 0.3) is 0 Å². The second-order valence-corrected chi connectivity index (χ2v) is 7.61. The fraction of sp³-hybridized carbons (Fsp3) is 0.692. The van der Waals surface area contributed by atoms with Crippen molar-refractivity contribution in [3.8, 4) is 0 Å². The van der Waals surface area contributed by atoms with Crippen LogP contribution in [0.1, 0.15) is 25.7 Å². The Bertz CT molecular complexity index is 640. The van der Waals surface area contributed by atoms with Gasteiger partial charge in [0.15, 0.2) is 5.03 Å². The summed E-state index contributed by atoms with van der Waals surface area (Å²) in [6, 6.07) is 0.00670. The molecular formula is C13H20N4O3S. The van der Waals surface area contributed by atoms with E-state index in [1.54, 1.807) is 11.6 Å². The molecule has 0 bridgehead atoms. The molecule has 2 saturated heterocycles. The summed E-state index contributed by atoms with van der Waals surface area (Å²) in [4.78, 5) is 17.6. The molecular weight excluding hydrogens is 292 g/mol. The molecule has 1 atom stereocenters. The number of hydrogen-bond acceptors (Lipinski definition) is 4. The van der Waals surface area contributed by atoms with Gasteiger partial charge < -0.3 is 9.47 Å². The van der Waals surface area contributed by atoms with Crippen LogP contribution in [0.3, 0.4) is 0 Å². The van der Waals surface area contributed by atoms with Gasteiger partial charge in [0, 0.05) is 45.3 Å². The van der Waals surface area contributed by atoms with Crippen LogP contribution in [-0.4, -0.2) is 58.8 Å². The van der Waals surface area contributed by atoms with Gasteiger partial charge in [-0.2, -0.15) is 4.31 Å². The maximum absolute atomic E-state index is 12.6. The molecule has 116 valence electrons. The summed E-state index contributed by atoms with van der Waals surface area (Å²) in [7, 11) is -1.81. The number of aryl methyl sites for hydroxylation is 1. The van der Waals surface area contributed by atoms with Crippen LogP contribution in [0.2, 0.25) is 0 Å². The number of hydrogen-bond donors (Lipinski definition) is 0. The van der Waals surface area contributed by atoms with Crippen molar-refractivity contribution in [1.82, 2.24) is 18.8 Å². The SMILES string of the molecule is Cn1cnc(S(=O)(=O)N2CCCC(N3CCCC3=O)C2)c1. The predicted molar refractivity (Wildman–Crippen MR) is 75.9 cm³/mol. The Labute approximate surface area is 124 Å². The fourth-order valence-corrected chi connectivity index (χ4v) is 4.59. The van der Waals surface area contributed by atoms with Gasteiger partial charge in [-0.3, -0.25) is 4.79 Å². The van der Waals surface area contributed by atoms with Gasteiger partial charge in [0.25, 0.3) is 10.0 Å². The molecule has 21 heavy (non-hydrogen) atoms. The van der Waals surface area contributed by atoms with E-state index >= 15 is 0 Å². The van der Waals surface area contributed by atoms with Crippen molar-refractivity contribution in [2.45, 2.75) is 36.8 Å². The summed E-state index contributed by atoms with van der Waals surface area (Å²) in [6.45, 7) is 1.63. The lowest BCUT2D eigenvalue weighted by Gasteiger charge is -2.36. The standard InChI is InChI=1S/C13H20N4O3S/c1-15-9-12(14-10-15)21(19,20)16-6-2-4-11(8-16)17-7-3-5-13(17)18/h9-11H,2-8H2,1H3. The Morgan fingerprint density at radius 1 is 1.29 bits per heavy atom. The molecule has 1 aromatic heterocycles. The first-order valence-corrected chi connectivity index (χ1v) is 8.70. The number of piperidine rings is 1. The van der Waals surface area contributed by atoms with Crippen molar-refractivity contribution >= 4 is 15.9 Å². The highest BCUT2D eigenvalue weighted by molar-refractivity contribution is 7.89. The summed E-state index contributed by atoms with van der Waals surface area (Å²) in [5.41, 5.74) is 0. The number of carbonyl (C=O) groups excluding carboxylic acids is 1. The second-order valence-electron chi connectivity index (χ2n) is 5.73. The normalized spacial score (nSPS) is 24.7. The van der Waals surface area contributed by atoms with E-state index in [2.05, 4.69) is 4.98 Å². The lowest BCUT2D eigenvalue weighted by atomic mass is 10.1. The van der Waals surface area contributed by atoms with E-state index in [1.165, 1.54) is 16.8 Å². The van der Waals surface area contributed by atoms with Gasteiger partial charge in [0.2, 0.25) is 5.91 Å². The van der Waals surface area contributed by atoms with Crippen LogP contribution in [0, 0.1) is 0 Å². The van der Waals surface area contributed by atoms with Gasteiger partial charge in [-0.1, -0.05) is 0 Å². The summed E-state index contributed by atoms with van der Waals surface area (Å²) < 4.78 is 28.3. The summed E-state index contributed by atoms with van der Waals surface area (Å²) in [5, 5.41) is 0.0819. The Balaban J connectivity index is 1.78. The molecule has 3 rings (SSSR count). The van der Waals surface area contributed by atoms with E-state index in [0.717, 1.165) is 25.8 Å². The van der Waals surface area contributed by atoms with Crippen molar-refractivity contribution in [3.63, 3.8) is 0 Å². The first-order valence-electron chi connectivity index (χ1n) is 7.26. The maximum atomic E-state index is 12.6. The summed E-state index contributed by atoms with van der Waals surface area (Å²) in [5.74, 6) is 0.150. The molecule has 0 N–H and O–H groups in total. The minimum absolute atomic E-state index is 0.00670. The van der Waals surface area contributed by atoms with Crippen LogP contribution in [0.5, 0.6) is 0 Å². The molecule has 0 radical (unpaired) electrons. The topological polar surface area (TPSA) is 75.5 Å². The number of imidazole rings is 1. The Kier molecular flexibility index (Phi) is 3.75. The number of aromatic nitrogens is 2. The lowest BCUT2D eigenvalue weighted by Crippen LogP contribution is -2.50. The molecule has 0 aromatic carbocycles. The van der Waals surface area contributed by atoms with Crippen molar-refractivity contribution in [2.75, 3.05) is 19.6 Å². The molecule has 0 aliphatic carbocycles. The Hall–Kier alpha value is -1.41. The first-order chi connectivity index (χ1) is 9.98. The molecule has 3 heterocycles. The Morgan fingerprint density at radius 3 is 2.71 bits per heavy atom. The van der Waals surface area contributed by atoms with Gasteiger partial charge in [-0.25, -0.2) is 13.4 Å². The van der Waals surface area contributed by atoms with E-state index in [9.17, 15) is 13.2 Å². The van der Waals surface area contributed by atoms with Crippen molar-refractivity contribution in [2.24, 2.45) is 7.05 Å². The summed E-state index contributed by atoms with van der Waals surface area (Å²) in [6.07, 6.45) is 6.12. The molecule has 0 saturated carbocycles. The molecule has 7 nitrogen and oxygen atoms in total. The number of sulfonamides is 1. The van der Waals surface area contributed by atoms with Crippen LogP contribution >= 0.6 is 0 Å². The van der Waals surface area contributed by atoms with Crippen molar-refractivity contribution < 1.29 is 13.2 Å². The van der Waals surface area contributed by atoms with Gasteiger partial charge >= 0.3 is 0 Å². The largest absolute Gasteiger partial charge is 0.339 e. The first kappa shape index (κ1) is 14.5. The molecule has 0 spiro atoms. The molecule has 2 aliphatic rings. The zero-order valence-electron chi connectivity index (χ0n) is 12.1. The molecule has 1 unspecified atom stereocenters. The molecule has 2 aliphatic heterocycles. The van der Waals surface area contributed by atoms with E-state index in [-0.39, 0.29) is 17.0 Å². The number of nitrogens with zero attached hydrogens (tertiary/aromatic N) is 4. The highest BCUT2D eigenvalue weighted by Gasteiger charge is 2.36. The maximum Gasteiger partial charge on any atom is 0.262 e. The number of likely N-dealkylation sites (tertiary alicyclic amines) is 1. The molecule has 1 aromatic rings. The van der Waals surface area contributed by atoms with Gasteiger partial charge in [0.1, 0.15) is 0 Å². The smallest absolute Gasteiger partial charge is 0.262 e. The number of rotatable bonds is 3. The van der Waals surface area contributed by atoms with E-state index in [1.807, 2.05) is 4.90 Å². The molecule has 2 fully saturated rings. The average molecular weight is 312 g/mol. The lowest BCUT2D eigenvalue weighted by molar-refractivity contribution is -0.130. The van der Waals surface area contributed by atoms with Gasteiger partial charge in [-0.15, -0.1) is 0 Å². The van der Waals surface area contributed by atoms with Crippen molar-refractivity contribution in [3.05, 3.63) is 12.5 Å². The predicted octanol–water partition coefficient (Wildman–Crippen LogP) is 0.196. The van der Waals surface area contributed by atoms with Crippen LogP contribution in [-0.2, 0) is 21.9 Å². The highest BCUT2D eigenvalue weighted by Crippen LogP contribution is 2.25. The Morgan fingerprint density at radius 2 is 2.10 bits per heavy atom. The van der Waals surface area contributed by atoms with Crippen LogP contribution in [0.15, 0.2) is 17.6 Å². The highest BCUT2D eigenvalue weighted by atomic mass is 32.2. The van der Waals surface area contributed by atoms with Crippen LogP contribution < -0.4 is 0 Å². The average Bonchev–Trinajstić information content (AvgIpc) is 3.08. The van der Waals surface area contributed by atoms with E-state index in [0.29, 0.717) is 19.5 Å². The third-order valence-electron chi connectivity index (χ3n) is 4.20. The van der Waals surface area contributed by atoms with Gasteiger partial charge in [0.05, 0.1) is 6.33 Å². The van der Waals surface area contributed by atoms with E-state index in [4.69, 9.17) is 0 Å². The quantitative estimate of drug-likeness (QED) is 0.799. The molecule has 8 heteroatoms. The zero-order valence-corrected chi connectivity index (χ0v) is 12.9. The monoisotopic (exact) mass is 312 g/mol. The van der Waals surface area contributed by atoms with Gasteiger partial charge in [-0.05, 0) is 19.3 Å². The third-order valence-corrected chi connectivity index (χ3v) is 5.95. The second kappa shape index (κ2) is 5.42. The summed E-state index contributed by atoms with van der Waals surface area (Å²) >= 11 is 0. The van der Waals surface area contributed by atoms with Crippen LogP contribution in [0.4, 0.5) is 0 Å². The number of amides is 1. The number of carbonyl (C=O) groups is 1. The zero-order chi connectivity index (χ0) is 15.0. The fourth-order valence-electron chi connectivity index (χ4n) is 3.10. The third kappa shape index (κ3) is 2.69. The van der Waals surface area contributed by atoms with E-state index < -0.39 is 10.0 Å². The van der Waals surface area contributed by atoms with Crippen molar-refractivity contribution in [1.29, 1.82) is 0 Å². The minimum atomic E-state index is -3.56. The minimum Gasteiger partial charge on any atom is -0.339 e.